The molecule has 0 radical (unpaired) electrons. The maximum atomic E-state index is 13.4. The molecule has 0 aromatic heterocycles. The Balaban J connectivity index is 0.925. The molecule has 2 unspecified atom stereocenters. The number of amides is 3. The van der Waals surface area contributed by atoms with Crippen LogP contribution in [-0.4, -0.2) is 100 Å². The number of rotatable bonds is 22. The number of hydrogen-bond acceptors (Lipinski definition) is 10. The summed E-state index contributed by atoms with van der Waals surface area (Å²) in [7, 11) is 0. The van der Waals surface area contributed by atoms with E-state index in [0.717, 1.165) is 11.1 Å². The zero-order chi connectivity index (χ0) is 35.9. The number of terminal acetylenes is 1. The quantitative estimate of drug-likeness (QED) is 0.0718. The summed E-state index contributed by atoms with van der Waals surface area (Å²) in [6, 6.07) is 23.4. The van der Waals surface area contributed by atoms with Crippen LogP contribution in [-0.2, 0) is 39.9 Å². The molecule has 0 spiro atoms. The third kappa shape index (κ3) is 10.2. The van der Waals surface area contributed by atoms with E-state index in [4.69, 9.17) is 34.8 Å². The summed E-state index contributed by atoms with van der Waals surface area (Å²) in [4.78, 5) is 52.2. The monoisotopic (exact) mass is 698 g/mol. The first-order valence-electron chi connectivity index (χ1n) is 16.9. The van der Waals surface area contributed by atoms with Crippen LogP contribution in [0.25, 0.3) is 0 Å². The van der Waals surface area contributed by atoms with Crippen molar-refractivity contribution >= 4 is 23.7 Å². The molecule has 12 heteroatoms. The first kappa shape index (κ1) is 37.2. The van der Waals surface area contributed by atoms with Crippen LogP contribution in [0.1, 0.15) is 50.6 Å². The highest BCUT2D eigenvalue weighted by Crippen LogP contribution is 2.52. The van der Waals surface area contributed by atoms with E-state index < -0.39 is 11.5 Å². The lowest BCUT2D eigenvalue weighted by molar-refractivity contribution is -0.150. The summed E-state index contributed by atoms with van der Waals surface area (Å²) in [5.41, 5.74) is 1.40. The number of carbonyl (C=O) groups is 4. The summed E-state index contributed by atoms with van der Waals surface area (Å²) in [5, 5.41) is 2.92. The molecule has 3 aromatic rings. The van der Waals surface area contributed by atoms with Gasteiger partial charge in [-0.25, -0.2) is 4.79 Å². The summed E-state index contributed by atoms with van der Waals surface area (Å²) < 4.78 is 33.2. The number of nitrogens with one attached hydrogen (secondary N) is 1. The zero-order valence-corrected chi connectivity index (χ0v) is 28.4. The highest BCUT2D eigenvalue weighted by molar-refractivity contribution is 6.21. The number of hydrogen-bond donors (Lipinski definition) is 1. The summed E-state index contributed by atoms with van der Waals surface area (Å²) >= 11 is 0. The van der Waals surface area contributed by atoms with Crippen molar-refractivity contribution in [2.24, 2.45) is 0 Å². The molecule has 2 aliphatic rings. The maximum absolute atomic E-state index is 13.4. The molecule has 1 aliphatic heterocycles. The standard InChI is InChI=1S/C39H42N2O10/c1-2-18-50-31-14-12-30(13-15-31)34-27-39(34,38(45)51-28-29-8-4-3-5-9-29)40-35(42)16-19-46-21-23-48-25-26-49-24-22-47-20-17-41-36(43)32-10-6-7-11-33(32)37(41)44/h1,3-15,34H,16-28H2,(H,40,42). The van der Waals surface area contributed by atoms with E-state index in [0.29, 0.717) is 56.3 Å². The van der Waals surface area contributed by atoms with Crippen molar-refractivity contribution in [1.29, 1.82) is 0 Å². The van der Waals surface area contributed by atoms with Gasteiger partial charge in [-0.3, -0.25) is 19.3 Å². The van der Waals surface area contributed by atoms with Crippen LogP contribution in [0.5, 0.6) is 5.75 Å². The highest BCUT2D eigenvalue weighted by atomic mass is 16.6. The Morgan fingerprint density at radius 1 is 0.765 bits per heavy atom. The number of imide groups is 1. The van der Waals surface area contributed by atoms with Gasteiger partial charge in [-0.1, -0.05) is 60.5 Å². The van der Waals surface area contributed by atoms with Gasteiger partial charge in [0.2, 0.25) is 5.91 Å². The van der Waals surface area contributed by atoms with Gasteiger partial charge in [-0.05, 0) is 41.8 Å². The van der Waals surface area contributed by atoms with Gasteiger partial charge < -0.3 is 33.7 Å². The van der Waals surface area contributed by atoms with E-state index in [1.807, 2.05) is 42.5 Å². The number of carbonyl (C=O) groups excluding carboxylic acids is 4. The molecule has 51 heavy (non-hydrogen) atoms. The average molecular weight is 699 g/mol. The molecule has 3 aromatic carbocycles. The summed E-state index contributed by atoms with van der Waals surface area (Å²) in [5.74, 6) is 1.39. The number of esters is 1. The van der Waals surface area contributed by atoms with Gasteiger partial charge in [-0.2, -0.15) is 0 Å². The third-order valence-electron chi connectivity index (χ3n) is 8.43. The average Bonchev–Trinajstić information content (AvgIpc) is 3.83. The maximum Gasteiger partial charge on any atom is 0.332 e. The van der Waals surface area contributed by atoms with E-state index in [1.165, 1.54) is 4.90 Å². The molecule has 5 rings (SSSR count). The largest absolute Gasteiger partial charge is 0.481 e. The fourth-order valence-electron chi connectivity index (χ4n) is 5.69. The van der Waals surface area contributed by atoms with Gasteiger partial charge in [-0.15, -0.1) is 6.42 Å². The lowest BCUT2D eigenvalue weighted by Crippen LogP contribution is -2.45. The van der Waals surface area contributed by atoms with Gasteiger partial charge in [0, 0.05) is 12.3 Å². The van der Waals surface area contributed by atoms with Crippen molar-refractivity contribution in [2.45, 2.75) is 30.9 Å². The molecule has 1 fully saturated rings. The molecule has 1 saturated carbocycles. The minimum absolute atomic E-state index is 0.0649. The van der Waals surface area contributed by atoms with Crippen molar-refractivity contribution in [2.75, 3.05) is 66.0 Å². The van der Waals surface area contributed by atoms with Gasteiger partial charge in [0.25, 0.3) is 11.8 Å². The Labute approximate surface area is 297 Å². The van der Waals surface area contributed by atoms with Crippen molar-refractivity contribution < 1.29 is 47.6 Å². The normalized spacial score (nSPS) is 17.5. The molecule has 1 heterocycles. The second-order valence-corrected chi connectivity index (χ2v) is 11.9. The molecule has 1 N–H and O–H groups in total. The second kappa shape index (κ2) is 18.8. The van der Waals surface area contributed by atoms with E-state index in [2.05, 4.69) is 11.2 Å². The van der Waals surface area contributed by atoms with E-state index in [-0.39, 0.29) is 69.6 Å². The molecule has 3 amide bonds. The Kier molecular flexibility index (Phi) is 13.7. The van der Waals surface area contributed by atoms with Crippen LogP contribution in [0.4, 0.5) is 0 Å². The lowest BCUT2D eigenvalue weighted by atomic mass is 10.1. The first-order valence-corrected chi connectivity index (χ1v) is 16.9. The van der Waals surface area contributed by atoms with Gasteiger partial charge in [0.15, 0.2) is 0 Å². The molecule has 268 valence electrons. The Hall–Kier alpha value is -5.06. The topological polar surface area (TPSA) is 139 Å². The fourth-order valence-corrected chi connectivity index (χ4v) is 5.69. The van der Waals surface area contributed by atoms with Crippen LogP contribution < -0.4 is 10.1 Å². The minimum atomic E-state index is -1.17. The van der Waals surface area contributed by atoms with Gasteiger partial charge in [0.1, 0.15) is 24.5 Å². The van der Waals surface area contributed by atoms with Crippen molar-refractivity contribution in [3.63, 3.8) is 0 Å². The van der Waals surface area contributed by atoms with Crippen LogP contribution in [0.3, 0.4) is 0 Å². The smallest absolute Gasteiger partial charge is 0.332 e. The van der Waals surface area contributed by atoms with Gasteiger partial charge in [0.05, 0.1) is 70.5 Å². The number of ether oxygens (including phenoxy) is 6. The van der Waals surface area contributed by atoms with E-state index in [1.54, 1.807) is 36.4 Å². The number of benzene rings is 3. The Morgan fingerprint density at radius 3 is 1.94 bits per heavy atom. The lowest BCUT2D eigenvalue weighted by Gasteiger charge is -2.19. The van der Waals surface area contributed by atoms with Crippen LogP contribution in [0, 0.1) is 12.3 Å². The van der Waals surface area contributed by atoms with E-state index >= 15 is 0 Å². The number of fused-ring (bicyclic) bond motifs is 1. The summed E-state index contributed by atoms with van der Waals surface area (Å²) in [6.07, 6.45) is 5.75. The van der Waals surface area contributed by atoms with E-state index in [9.17, 15) is 19.2 Å². The van der Waals surface area contributed by atoms with Crippen molar-refractivity contribution in [3.8, 4) is 18.1 Å². The molecule has 0 saturated heterocycles. The molecular weight excluding hydrogens is 656 g/mol. The Bertz CT molecular complexity index is 1640. The van der Waals surface area contributed by atoms with Crippen molar-refractivity contribution in [3.05, 3.63) is 101 Å². The van der Waals surface area contributed by atoms with Crippen LogP contribution in [0.15, 0.2) is 78.9 Å². The molecule has 2 atom stereocenters. The fraction of sp³-hybridized carbons (Fsp3) is 0.385. The minimum Gasteiger partial charge on any atom is -0.481 e. The van der Waals surface area contributed by atoms with Crippen molar-refractivity contribution in [1.82, 2.24) is 10.2 Å². The first-order chi connectivity index (χ1) is 24.9. The number of nitrogens with zero attached hydrogens (tertiary/aromatic N) is 1. The molecular formula is C39H42N2O10. The predicted molar refractivity (Wildman–Crippen MR) is 185 cm³/mol. The zero-order valence-electron chi connectivity index (χ0n) is 28.4. The molecule has 1 aliphatic carbocycles. The molecule has 0 bridgehead atoms. The summed E-state index contributed by atoms with van der Waals surface area (Å²) in [6.45, 7) is 2.78. The Morgan fingerprint density at radius 2 is 1.33 bits per heavy atom. The van der Waals surface area contributed by atoms with Crippen LogP contribution >= 0.6 is 0 Å². The van der Waals surface area contributed by atoms with Crippen LogP contribution in [0.2, 0.25) is 0 Å². The molecule has 12 nitrogen and oxygen atoms in total. The van der Waals surface area contributed by atoms with Gasteiger partial charge >= 0.3 is 5.97 Å². The highest BCUT2D eigenvalue weighted by Gasteiger charge is 2.63. The third-order valence-corrected chi connectivity index (χ3v) is 8.43. The predicted octanol–water partition coefficient (Wildman–Crippen LogP) is 3.54. The SMILES string of the molecule is C#CCOc1ccc(C2CC2(NC(=O)CCOCCOCCOCCOCCN2C(=O)c3ccccc3C2=O)C(=O)OCc2ccccc2)cc1. The second-order valence-electron chi connectivity index (χ2n) is 11.9.